The molecule has 2 aliphatic rings. The van der Waals surface area contributed by atoms with Crippen molar-refractivity contribution in [3.8, 4) is 34.4 Å². The van der Waals surface area contributed by atoms with Gasteiger partial charge >= 0.3 is 0 Å². The van der Waals surface area contributed by atoms with Gasteiger partial charge in [0.15, 0.2) is 0 Å². The number of anilines is 1. The van der Waals surface area contributed by atoms with Crippen molar-refractivity contribution in [2.24, 2.45) is 7.05 Å². The molecule has 6 rings (SSSR count). The average molecular weight is 515 g/mol. The second kappa shape index (κ2) is 8.87. The van der Waals surface area contributed by atoms with Gasteiger partial charge in [-0.1, -0.05) is 12.1 Å². The minimum Gasteiger partial charge on any atom is -0.439 e. The molecule has 4 aromatic rings. The minimum atomic E-state index is -3.66. The quantitative estimate of drug-likeness (QED) is 0.408. The van der Waals surface area contributed by atoms with E-state index in [4.69, 9.17) is 11.2 Å². The second-order valence-electron chi connectivity index (χ2n) is 9.43. The molecule has 3 aromatic heterocycles. The summed E-state index contributed by atoms with van der Waals surface area (Å²) in [7, 11) is -1.64. The van der Waals surface area contributed by atoms with Crippen LogP contribution < -0.4 is 10.1 Å². The fourth-order valence-electron chi connectivity index (χ4n) is 5.50. The Morgan fingerprint density at radius 2 is 1.97 bits per heavy atom. The smallest absolute Gasteiger partial charge is 0.282 e. The normalized spacial score (nSPS) is 16.0. The first kappa shape index (κ1) is 23.5. The van der Waals surface area contributed by atoms with Gasteiger partial charge in [-0.25, -0.2) is 15.0 Å². The van der Waals surface area contributed by atoms with E-state index < -0.39 is 10.0 Å². The third-order valence-electron chi connectivity index (χ3n) is 7.22. The number of terminal acetylenes is 1. The van der Waals surface area contributed by atoms with Crippen LogP contribution in [0.3, 0.4) is 0 Å². The Morgan fingerprint density at radius 3 is 2.73 bits per heavy atom. The van der Waals surface area contributed by atoms with Crippen molar-refractivity contribution in [2.75, 3.05) is 18.4 Å². The summed E-state index contributed by atoms with van der Waals surface area (Å²) in [5, 5.41) is 6.39. The number of benzene rings is 1. The maximum Gasteiger partial charge on any atom is 0.282 e. The molecule has 0 radical (unpaired) electrons. The topological polar surface area (TPSA) is 102 Å². The van der Waals surface area contributed by atoms with E-state index in [1.165, 1.54) is 4.31 Å². The lowest BCUT2D eigenvalue weighted by Gasteiger charge is -2.30. The van der Waals surface area contributed by atoms with Crippen molar-refractivity contribution >= 4 is 26.9 Å². The first-order valence-electron chi connectivity index (χ1n) is 12.1. The first-order valence-corrected chi connectivity index (χ1v) is 13.6. The number of aromatic nitrogens is 4. The van der Waals surface area contributed by atoms with Crippen LogP contribution in [0.4, 0.5) is 5.82 Å². The molecular formula is C27H26N6O3S. The number of ether oxygens (including phenoxy) is 1. The highest BCUT2D eigenvalue weighted by molar-refractivity contribution is 7.93. The van der Waals surface area contributed by atoms with Crippen LogP contribution in [0, 0.1) is 18.6 Å². The highest BCUT2D eigenvalue weighted by Crippen LogP contribution is 2.46. The zero-order valence-electron chi connectivity index (χ0n) is 20.6. The van der Waals surface area contributed by atoms with Crippen molar-refractivity contribution in [3.63, 3.8) is 0 Å². The molecule has 0 bridgehead atoms. The van der Waals surface area contributed by atoms with E-state index in [-0.39, 0.29) is 5.92 Å². The number of hydrogen-bond donors (Lipinski definition) is 1. The van der Waals surface area contributed by atoms with Crippen molar-refractivity contribution in [2.45, 2.75) is 32.2 Å². The Hall–Kier alpha value is -3.94. The summed E-state index contributed by atoms with van der Waals surface area (Å²) in [5.41, 5.74) is 6.12. The molecule has 2 aliphatic heterocycles. The maximum absolute atomic E-state index is 12.2. The molecular weight excluding hydrogens is 488 g/mol. The molecule has 1 saturated heterocycles. The van der Waals surface area contributed by atoms with E-state index in [1.54, 1.807) is 6.33 Å². The van der Waals surface area contributed by atoms with Crippen LogP contribution in [0.25, 0.3) is 22.2 Å². The van der Waals surface area contributed by atoms with Gasteiger partial charge in [-0.2, -0.15) is 12.7 Å². The monoisotopic (exact) mass is 514 g/mol. The van der Waals surface area contributed by atoms with E-state index >= 15 is 0 Å². The Labute approximate surface area is 215 Å². The number of aryl methyl sites for hydroxylation is 2. The first-order chi connectivity index (χ1) is 17.9. The second-order valence-corrected chi connectivity index (χ2v) is 11.1. The molecule has 9 nitrogen and oxygen atoms in total. The molecule has 0 aliphatic carbocycles. The molecule has 188 valence electrons. The van der Waals surface area contributed by atoms with Gasteiger partial charge in [-0.15, -0.1) is 6.42 Å². The summed E-state index contributed by atoms with van der Waals surface area (Å²) >= 11 is 0. The molecule has 0 unspecified atom stereocenters. The van der Waals surface area contributed by atoms with E-state index in [0.29, 0.717) is 44.1 Å². The number of piperidine rings is 1. The fraction of sp³-hybridized carbons (Fsp3) is 0.296. The van der Waals surface area contributed by atoms with Gasteiger partial charge in [0.25, 0.3) is 10.0 Å². The van der Waals surface area contributed by atoms with Crippen molar-refractivity contribution in [1.29, 1.82) is 0 Å². The minimum absolute atomic E-state index is 0.143. The lowest BCUT2D eigenvalue weighted by atomic mass is 9.88. The highest BCUT2D eigenvalue weighted by Gasteiger charge is 2.33. The van der Waals surface area contributed by atoms with Crippen LogP contribution in [0.5, 0.6) is 11.6 Å². The van der Waals surface area contributed by atoms with Crippen LogP contribution in [-0.4, -0.2) is 45.3 Å². The summed E-state index contributed by atoms with van der Waals surface area (Å²) in [4.78, 5) is 13.6. The van der Waals surface area contributed by atoms with Crippen LogP contribution in [0.2, 0.25) is 0 Å². The van der Waals surface area contributed by atoms with Crippen molar-refractivity contribution in [1.82, 2.24) is 23.8 Å². The van der Waals surface area contributed by atoms with Gasteiger partial charge in [0, 0.05) is 60.9 Å². The lowest BCUT2D eigenvalue weighted by molar-refractivity contribution is 0.318. The Morgan fingerprint density at radius 1 is 1.16 bits per heavy atom. The van der Waals surface area contributed by atoms with Gasteiger partial charge < -0.3 is 14.6 Å². The Bertz CT molecular complexity index is 1680. The predicted octanol–water partition coefficient (Wildman–Crippen LogP) is 4.16. The molecule has 5 heterocycles. The lowest BCUT2D eigenvalue weighted by Crippen LogP contribution is -2.37. The summed E-state index contributed by atoms with van der Waals surface area (Å²) in [5.74, 6) is 2.18. The van der Waals surface area contributed by atoms with Crippen LogP contribution in [0.1, 0.15) is 35.7 Å². The number of nitrogens with one attached hydrogen (secondary N) is 1. The SMILES string of the molecule is C#CS(=O)(=O)N1CCC(c2c3c4c(ncnc4n2C)NCc2cc(Oc4cccc(C)n4)ccc2-3)CC1. The molecule has 1 aromatic carbocycles. The number of fused-ring (bicyclic) bond motifs is 2. The number of pyridine rings is 1. The zero-order chi connectivity index (χ0) is 25.7. The van der Waals surface area contributed by atoms with Crippen molar-refractivity contribution < 1.29 is 13.2 Å². The van der Waals surface area contributed by atoms with Crippen LogP contribution >= 0.6 is 0 Å². The Kier molecular flexibility index (Phi) is 5.62. The predicted molar refractivity (Wildman–Crippen MR) is 142 cm³/mol. The number of sulfonamides is 1. The highest BCUT2D eigenvalue weighted by atomic mass is 32.2. The molecule has 1 N–H and O–H groups in total. The molecule has 10 heteroatoms. The van der Waals surface area contributed by atoms with Gasteiger partial charge in [-0.05, 0) is 49.1 Å². The summed E-state index contributed by atoms with van der Waals surface area (Å²) in [6.07, 6.45) is 8.16. The van der Waals surface area contributed by atoms with Gasteiger partial charge in [0.2, 0.25) is 5.88 Å². The van der Waals surface area contributed by atoms with Crippen LogP contribution in [-0.2, 0) is 23.6 Å². The van der Waals surface area contributed by atoms with E-state index in [1.807, 2.05) is 49.6 Å². The molecule has 37 heavy (non-hydrogen) atoms. The van der Waals surface area contributed by atoms with Crippen molar-refractivity contribution in [3.05, 3.63) is 59.7 Å². The molecule has 0 amide bonds. The standard InChI is InChI=1S/C27H26N6O3S/c1-4-37(34,35)33-12-10-18(11-13-33)25-23-21-9-8-20(36-22-7-5-6-17(2)31-22)14-19(21)15-28-26-24(23)27(32(25)3)30-16-29-26/h1,5-9,14,16,18H,10-13,15H2,2-3H3,(H,28,29,30). The summed E-state index contributed by atoms with van der Waals surface area (Å²) in [6.45, 7) is 3.29. The van der Waals surface area contributed by atoms with Gasteiger partial charge in [-0.3, -0.25) is 0 Å². The summed E-state index contributed by atoms with van der Waals surface area (Å²) in [6, 6.07) is 11.8. The third-order valence-corrected chi connectivity index (χ3v) is 8.56. The van der Waals surface area contributed by atoms with E-state index in [0.717, 1.165) is 44.9 Å². The fourth-order valence-corrected chi connectivity index (χ4v) is 6.34. The van der Waals surface area contributed by atoms with Gasteiger partial charge in [0.05, 0.1) is 5.39 Å². The molecule has 0 atom stereocenters. The average Bonchev–Trinajstić information content (AvgIpc) is 3.10. The molecule has 0 spiro atoms. The third kappa shape index (κ3) is 4.00. The largest absolute Gasteiger partial charge is 0.439 e. The number of rotatable bonds is 4. The molecule has 0 saturated carbocycles. The van der Waals surface area contributed by atoms with Crippen LogP contribution in [0.15, 0.2) is 42.7 Å². The Balaban J connectivity index is 1.43. The van der Waals surface area contributed by atoms with E-state index in [2.05, 4.69) is 30.9 Å². The van der Waals surface area contributed by atoms with E-state index in [9.17, 15) is 8.42 Å². The zero-order valence-corrected chi connectivity index (χ0v) is 21.4. The number of nitrogens with zero attached hydrogens (tertiary/aromatic N) is 5. The summed E-state index contributed by atoms with van der Waals surface area (Å²) < 4.78 is 34.0. The van der Waals surface area contributed by atoms with Gasteiger partial charge in [0.1, 0.15) is 23.5 Å². The maximum atomic E-state index is 12.2. The number of hydrogen-bond acceptors (Lipinski definition) is 7. The molecule has 1 fully saturated rings.